The molecule has 1 rings (SSSR count). The number of piperidine rings is 1. The molecule has 0 saturated carbocycles. The Hall–Kier alpha value is -0.950. The molecule has 20 heavy (non-hydrogen) atoms. The van der Waals surface area contributed by atoms with Gasteiger partial charge in [-0.2, -0.15) is 4.31 Å². The van der Waals surface area contributed by atoms with E-state index in [9.17, 15) is 18.0 Å². The molecule has 1 aliphatic rings. The summed E-state index contributed by atoms with van der Waals surface area (Å²) in [6.45, 7) is 3.83. The predicted molar refractivity (Wildman–Crippen MR) is 74.7 cm³/mol. The summed E-state index contributed by atoms with van der Waals surface area (Å²) in [5.74, 6) is -0.765. The molecule has 0 spiro atoms. The first-order chi connectivity index (χ1) is 9.36. The molecule has 1 heterocycles. The highest BCUT2D eigenvalue weighted by molar-refractivity contribution is 7.89. The van der Waals surface area contributed by atoms with Crippen molar-refractivity contribution in [3.8, 4) is 0 Å². The van der Waals surface area contributed by atoms with E-state index in [0.29, 0.717) is 13.0 Å². The van der Waals surface area contributed by atoms with E-state index in [4.69, 9.17) is 4.74 Å². The van der Waals surface area contributed by atoms with Crippen molar-refractivity contribution >= 4 is 21.8 Å². The van der Waals surface area contributed by atoms with Crippen LogP contribution in [0.4, 0.5) is 0 Å². The van der Waals surface area contributed by atoms with Crippen molar-refractivity contribution < 1.29 is 22.7 Å². The summed E-state index contributed by atoms with van der Waals surface area (Å²) in [7, 11) is -3.51. The molecule has 1 aliphatic heterocycles. The molecule has 1 fully saturated rings. The van der Waals surface area contributed by atoms with Crippen LogP contribution in [0, 0.1) is 0 Å². The molecule has 0 aromatic carbocycles. The molecule has 6 nitrogen and oxygen atoms in total. The van der Waals surface area contributed by atoms with Crippen LogP contribution in [0.5, 0.6) is 0 Å². The lowest BCUT2D eigenvalue weighted by Gasteiger charge is -2.34. The Morgan fingerprint density at radius 3 is 2.60 bits per heavy atom. The van der Waals surface area contributed by atoms with E-state index in [2.05, 4.69) is 0 Å². The fourth-order valence-electron chi connectivity index (χ4n) is 2.44. The first-order valence-electron chi connectivity index (χ1n) is 7.01. The van der Waals surface area contributed by atoms with Crippen LogP contribution in [0.2, 0.25) is 0 Å². The zero-order valence-electron chi connectivity index (χ0n) is 12.1. The van der Waals surface area contributed by atoms with E-state index in [1.807, 2.05) is 0 Å². The Morgan fingerprint density at radius 2 is 2.00 bits per heavy atom. The standard InChI is InChI=1S/C13H23NO5S/c1-3-19-13(16)7-9-20(17,18)14-8-5-4-6-12(14)10-11(2)15/h12H,3-10H2,1-2H3. The van der Waals surface area contributed by atoms with Crippen molar-refractivity contribution in [3.63, 3.8) is 0 Å². The molecule has 1 unspecified atom stereocenters. The van der Waals surface area contributed by atoms with Gasteiger partial charge >= 0.3 is 5.97 Å². The zero-order valence-corrected chi connectivity index (χ0v) is 12.9. The Balaban J connectivity index is 2.67. The van der Waals surface area contributed by atoms with Gasteiger partial charge in [0.05, 0.1) is 18.8 Å². The van der Waals surface area contributed by atoms with Crippen molar-refractivity contribution in [2.75, 3.05) is 18.9 Å². The molecule has 0 aromatic heterocycles. The highest BCUT2D eigenvalue weighted by Gasteiger charge is 2.33. The van der Waals surface area contributed by atoms with E-state index in [1.54, 1.807) is 6.92 Å². The number of rotatable bonds is 7. The smallest absolute Gasteiger partial charge is 0.306 e. The molecule has 1 saturated heterocycles. The van der Waals surface area contributed by atoms with Gasteiger partial charge in [-0.15, -0.1) is 0 Å². The minimum absolute atomic E-state index is 0.0116. The summed E-state index contributed by atoms with van der Waals surface area (Å²) in [6.07, 6.45) is 2.55. The third-order valence-electron chi connectivity index (χ3n) is 3.32. The van der Waals surface area contributed by atoms with Crippen LogP contribution in [-0.4, -0.2) is 49.4 Å². The fraction of sp³-hybridized carbons (Fsp3) is 0.846. The molecular formula is C13H23NO5S. The van der Waals surface area contributed by atoms with Crippen LogP contribution >= 0.6 is 0 Å². The van der Waals surface area contributed by atoms with E-state index in [1.165, 1.54) is 11.2 Å². The summed E-state index contributed by atoms with van der Waals surface area (Å²) in [5.41, 5.74) is 0. The summed E-state index contributed by atoms with van der Waals surface area (Å²) in [5, 5.41) is 0. The minimum atomic E-state index is -3.51. The molecule has 0 aromatic rings. The number of nitrogens with zero attached hydrogens (tertiary/aromatic N) is 1. The number of carbonyl (C=O) groups excluding carboxylic acids is 2. The van der Waals surface area contributed by atoms with Crippen molar-refractivity contribution in [2.45, 2.75) is 52.0 Å². The van der Waals surface area contributed by atoms with Gasteiger partial charge in [-0.25, -0.2) is 8.42 Å². The number of sulfonamides is 1. The van der Waals surface area contributed by atoms with Gasteiger partial charge in [-0.05, 0) is 26.7 Å². The van der Waals surface area contributed by atoms with Crippen LogP contribution in [0.3, 0.4) is 0 Å². The first-order valence-corrected chi connectivity index (χ1v) is 8.62. The number of hydrogen-bond donors (Lipinski definition) is 0. The predicted octanol–water partition coefficient (Wildman–Crippen LogP) is 1.10. The Kier molecular flexibility index (Phi) is 6.61. The van der Waals surface area contributed by atoms with Gasteiger partial charge in [0.15, 0.2) is 0 Å². The van der Waals surface area contributed by atoms with Crippen molar-refractivity contribution in [1.29, 1.82) is 0 Å². The van der Waals surface area contributed by atoms with Crippen LogP contribution in [0.25, 0.3) is 0 Å². The second-order valence-corrected chi connectivity index (χ2v) is 7.08. The van der Waals surface area contributed by atoms with Crippen LogP contribution in [-0.2, 0) is 24.3 Å². The average Bonchev–Trinajstić information content (AvgIpc) is 2.37. The molecule has 0 bridgehead atoms. The van der Waals surface area contributed by atoms with Crippen LogP contribution in [0.15, 0.2) is 0 Å². The number of ketones is 1. The lowest BCUT2D eigenvalue weighted by atomic mass is 10.0. The highest BCUT2D eigenvalue weighted by Crippen LogP contribution is 2.23. The maximum Gasteiger partial charge on any atom is 0.306 e. The third-order valence-corrected chi connectivity index (χ3v) is 5.24. The van der Waals surface area contributed by atoms with Gasteiger partial charge < -0.3 is 4.74 Å². The molecule has 0 aliphatic carbocycles. The number of ether oxygens (including phenoxy) is 1. The quantitative estimate of drug-likeness (QED) is 0.658. The second kappa shape index (κ2) is 7.73. The van der Waals surface area contributed by atoms with Crippen molar-refractivity contribution in [1.82, 2.24) is 4.31 Å². The van der Waals surface area contributed by atoms with Crippen LogP contribution < -0.4 is 0 Å². The van der Waals surface area contributed by atoms with Gasteiger partial charge in [0.25, 0.3) is 0 Å². The SMILES string of the molecule is CCOC(=O)CCS(=O)(=O)N1CCCCC1CC(C)=O. The van der Waals surface area contributed by atoms with E-state index in [0.717, 1.165) is 12.8 Å². The maximum atomic E-state index is 12.3. The van der Waals surface area contributed by atoms with Gasteiger partial charge in [0.1, 0.15) is 5.78 Å². The monoisotopic (exact) mass is 305 g/mol. The van der Waals surface area contributed by atoms with E-state index >= 15 is 0 Å². The molecule has 116 valence electrons. The molecule has 7 heteroatoms. The maximum absolute atomic E-state index is 12.3. The van der Waals surface area contributed by atoms with Crippen molar-refractivity contribution in [2.24, 2.45) is 0 Å². The van der Waals surface area contributed by atoms with Crippen molar-refractivity contribution in [3.05, 3.63) is 0 Å². The fourth-order valence-corrected chi connectivity index (χ4v) is 4.14. The minimum Gasteiger partial charge on any atom is -0.466 e. The van der Waals surface area contributed by atoms with Gasteiger partial charge in [0.2, 0.25) is 10.0 Å². The number of carbonyl (C=O) groups is 2. The van der Waals surface area contributed by atoms with Gasteiger partial charge in [-0.1, -0.05) is 6.42 Å². The molecule has 0 amide bonds. The number of Topliss-reactive ketones (excluding diaryl/α,β-unsaturated/α-hetero) is 1. The van der Waals surface area contributed by atoms with E-state index in [-0.39, 0.29) is 37.0 Å². The van der Waals surface area contributed by atoms with Crippen LogP contribution in [0.1, 0.15) is 46.0 Å². The summed E-state index contributed by atoms with van der Waals surface area (Å²) < 4.78 is 30.7. The molecular weight excluding hydrogens is 282 g/mol. The lowest BCUT2D eigenvalue weighted by Crippen LogP contribution is -2.45. The second-order valence-electron chi connectivity index (χ2n) is 5.04. The molecule has 0 N–H and O–H groups in total. The molecule has 0 radical (unpaired) electrons. The van der Waals surface area contributed by atoms with Gasteiger partial charge in [-0.3, -0.25) is 9.59 Å². The van der Waals surface area contributed by atoms with E-state index < -0.39 is 16.0 Å². The summed E-state index contributed by atoms with van der Waals surface area (Å²) in [6, 6.07) is -0.256. The number of esters is 1. The lowest BCUT2D eigenvalue weighted by molar-refractivity contribution is -0.142. The Bertz CT molecular complexity index is 446. The largest absolute Gasteiger partial charge is 0.466 e. The zero-order chi connectivity index (χ0) is 15.2. The Labute approximate surface area is 120 Å². The Morgan fingerprint density at radius 1 is 1.30 bits per heavy atom. The topological polar surface area (TPSA) is 80.8 Å². The highest BCUT2D eigenvalue weighted by atomic mass is 32.2. The normalized spacial score (nSPS) is 20.6. The third kappa shape index (κ3) is 5.20. The molecule has 1 atom stereocenters. The summed E-state index contributed by atoms with van der Waals surface area (Å²) >= 11 is 0. The summed E-state index contributed by atoms with van der Waals surface area (Å²) in [4.78, 5) is 22.5. The first kappa shape index (κ1) is 17.1. The average molecular weight is 305 g/mol. The van der Waals surface area contributed by atoms with Gasteiger partial charge in [0, 0.05) is 19.0 Å². The number of hydrogen-bond acceptors (Lipinski definition) is 5.